The molecule has 7 nitrogen and oxygen atoms in total. The molecule has 0 aliphatic carbocycles. The monoisotopic (exact) mass is 230 g/mol. The number of rotatable bonds is 1. The summed E-state index contributed by atoms with van der Waals surface area (Å²) in [6, 6.07) is -1.00. The number of hydrogen-bond donors (Lipinski definition) is 2. The van der Waals surface area contributed by atoms with Crippen molar-refractivity contribution in [3.63, 3.8) is 0 Å². The van der Waals surface area contributed by atoms with Crippen LogP contribution in [0.1, 0.15) is 1.43 Å². The minimum atomic E-state index is -3.82. The van der Waals surface area contributed by atoms with Crippen molar-refractivity contribution in [1.29, 1.82) is 0 Å². The van der Waals surface area contributed by atoms with Crippen molar-refractivity contribution in [3.05, 3.63) is 0 Å². The Hall–Kier alpha value is -0.440. The Morgan fingerprint density at radius 3 is 1.79 bits per heavy atom. The van der Waals surface area contributed by atoms with Crippen molar-refractivity contribution in [2.45, 2.75) is 5.25 Å². The van der Waals surface area contributed by atoms with Crippen molar-refractivity contribution < 1.29 is 53.8 Å². The Morgan fingerprint density at radius 1 is 1.14 bits per heavy atom. The van der Waals surface area contributed by atoms with Crippen molar-refractivity contribution in [2.75, 3.05) is 6.26 Å². The molecule has 0 aromatic rings. The van der Waals surface area contributed by atoms with Crippen LogP contribution in [0.2, 0.25) is 0 Å². The molecule has 0 radical (unpaired) electrons. The van der Waals surface area contributed by atoms with Gasteiger partial charge in [-0.15, -0.1) is 0 Å². The van der Waals surface area contributed by atoms with Crippen LogP contribution < -0.4 is 40.2 Å². The molecule has 1 rings (SSSR count). The van der Waals surface area contributed by atoms with Gasteiger partial charge in [0, 0.05) is 6.26 Å². The Kier molecular flexibility index (Phi) is 4.25. The SMILES string of the molecule is CS(=O)(=O)C1C(=O)NC(=O)NC1=O.[H-].[Na+]. The van der Waals surface area contributed by atoms with E-state index in [-0.39, 0.29) is 31.0 Å². The minimum absolute atomic E-state index is 0. The van der Waals surface area contributed by atoms with Gasteiger partial charge in [-0.1, -0.05) is 0 Å². The molecule has 1 aliphatic heterocycles. The van der Waals surface area contributed by atoms with Gasteiger partial charge in [-0.05, 0) is 0 Å². The molecule has 2 N–H and O–H groups in total. The number of amides is 4. The standard InChI is InChI=1S/C5H6N2O5S.Na.H/c1-13(11,12)2-3(8)6-5(10)7-4(2)9;;/h2H,1H3,(H2,6,7,8,9,10);;/q;+1;-1. The van der Waals surface area contributed by atoms with E-state index in [0.717, 1.165) is 6.26 Å². The summed E-state index contributed by atoms with van der Waals surface area (Å²) in [6.07, 6.45) is 0.743. The smallest absolute Gasteiger partial charge is 1.00 e. The van der Waals surface area contributed by atoms with Crippen LogP contribution in [0.25, 0.3) is 0 Å². The van der Waals surface area contributed by atoms with E-state index in [0.29, 0.717) is 0 Å². The van der Waals surface area contributed by atoms with Gasteiger partial charge in [0.25, 0.3) is 11.8 Å². The third kappa shape index (κ3) is 2.77. The fraction of sp³-hybridized carbons (Fsp3) is 0.400. The summed E-state index contributed by atoms with van der Waals surface area (Å²) in [5, 5.41) is 1.53. The molecule has 0 bridgehead atoms. The quantitative estimate of drug-likeness (QED) is 0.346. The average Bonchev–Trinajstić information content (AvgIpc) is 1.78. The number of imide groups is 2. The van der Waals surface area contributed by atoms with Crippen LogP contribution >= 0.6 is 0 Å². The molecule has 4 amide bonds. The van der Waals surface area contributed by atoms with Gasteiger partial charge in [0.05, 0.1) is 0 Å². The van der Waals surface area contributed by atoms with Gasteiger partial charge in [-0.2, -0.15) is 0 Å². The Balaban J connectivity index is 0. The van der Waals surface area contributed by atoms with Crippen molar-refractivity contribution in [1.82, 2.24) is 10.6 Å². The predicted octanol–water partition coefficient (Wildman–Crippen LogP) is -5.12. The first-order chi connectivity index (χ1) is 5.82. The van der Waals surface area contributed by atoms with E-state index in [4.69, 9.17) is 0 Å². The predicted molar refractivity (Wildman–Crippen MR) is 41.4 cm³/mol. The van der Waals surface area contributed by atoms with E-state index in [1.165, 1.54) is 0 Å². The van der Waals surface area contributed by atoms with Crippen LogP contribution in [0.5, 0.6) is 0 Å². The molecule has 1 heterocycles. The summed E-state index contributed by atoms with van der Waals surface area (Å²) >= 11 is 0. The van der Waals surface area contributed by atoms with Crippen molar-refractivity contribution in [3.8, 4) is 0 Å². The fourth-order valence-corrected chi connectivity index (χ4v) is 1.79. The van der Waals surface area contributed by atoms with E-state index < -0.39 is 32.9 Å². The molecular formula is C5H7N2NaO5S. The fourth-order valence-electron chi connectivity index (χ4n) is 0.894. The van der Waals surface area contributed by atoms with Gasteiger partial charge in [-0.25, -0.2) is 13.2 Å². The minimum Gasteiger partial charge on any atom is -1.00 e. The van der Waals surface area contributed by atoms with Crippen molar-refractivity contribution in [2.24, 2.45) is 0 Å². The summed E-state index contributed by atoms with van der Waals surface area (Å²) in [4.78, 5) is 32.3. The van der Waals surface area contributed by atoms with Gasteiger partial charge in [0.2, 0.25) is 5.25 Å². The zero-order chi connectivity index (χ0) is 10.2. The first-order valence-electron chi connectivity index (χ1n) is 3.17. The van der Waals surface area contributed by atoms with E-state index in [9.17, 15) is 22.8 Å². The zero-order valence-electron chi connectivity index (χ0n) is 8.53. The maximum atomic E-state index is 10.9. The normalized spacial score (nSPS) is 18.2. The van der Waals surface area contributed by atoms with Crippen LogP contribution in [0.3, 0.4) is 0 Å². The van der Waals surface area contributed by atoms with Crippen molar-refractivity contribution >= 4 is 27.7 Å². The largest absolute Gasteiger partial charge is 1.00 e. The van der Waals surface area contributed by atoms with E-state index in [2.05, 4.69) is 0 Å². The second-order valence-electron chi connectivity index (χ2n) is 2.52. The third-order valence-corrected chi connectivity index (χ3v) is 2.66. The molecule has 0 atom stereocenters. The molecule has 1 fully saturated rings. The summed E-state index contributed by atoms with van der Waals surface area (Å²) in [7, 11) is -3.82. The molecule has 14 heavy (non-hydrogen) atoms. The maximum absolute atomic E-state index is 10.9. The number of sulfone groups is 1. The van der Waals surface area contributed by atoms with E-state index >= 15 is 0 Å². The molecule has 0 aromatic carbocycles. The van der Waals surface area contributed by atoms with Gasteiger partial charge in [-0.3, -0.25) is 20.2 Å². The number of hydrogen-bond acceptors (Lipinski definition) is 5. The molecule has 0 saturated carbocycles. The number of carbonyl (C=O) groups excluding carboxylic acids is 3. The molecule has 1 aliphatic rings. The summed E-state index contributed by atoms with van der Waals surface area (Å²) < 4.78 is 21.8. The van der Waals surface area contributed by atoms with Crippen LogP contribution in [0, 0.1) is 0 Å². The van der Waals surface area contributed by atoms with Crippen LogP contribution in [0.4, 0.5) is 4.79 Å². The van der Waals surface area contributed by atoms with Crippen LogP contribution in [0.15, 0.2) is 0 Å². The second kappa shape index (κ2) is 4.39. The molecule has 9 heteroatoms. The molecule has 74 valence electrons. The Morgan fingerprint density at radius 2 is 1.50 bits per heavy atom. The van der Waals surface area contributed by atoms with Gasteiger partial charge in [0.1, 0.15) is 0 Å². The van der Waals surface area contributed by atoms with Gasteiger partial charge in [0.15, 0.2) is 9.84 Å². The Bertz CT molecular complexity index is 374. The molecule has 0 aromatic heterocycles. The topological polar surface area (TPSA) is 109 Å². The number of urea groups is 1. The first kappa shape index (κ1) is 13.6. The van der Waals surface area contributed by atoms with E-state index in [1.807, 2.05) is 0 Å². The number of carbonyl (C=O) groups is 3. The average molecular weight is 230 g/mol. The summed E-state index contributed by atoms with van der Waals surface area (Å²) in [5.74, 6) is -2.23. The van der Waals surface area contributed by atoms with E-state index in [1.54, 1.807) is 10.6 Å². The van der Waals surface area contributed by atoms with Crippen LogP contribution in [-0.4, -0.2) is 37.8 Å². The molecular weight excluding hydrogens is 223 g/mol. The van der Waals surface area contributed by atoms with Crippen LogP contribution in [-0.2, 0) is 19.4 Å². The first-order valence-corrected chi connectivity index (χ1v) is 5.12. The zero-order valence-corrected chi connectivity index (χ0v) is 10.3. The molecule has 1 saturated heterocycles. The van der Waals surface area contributed by atoms with Gasteiger partial charge >= 0.3 is 35.6 Å². The number of barbiturate groups is 1. The Labute approximate surface area is 103 Å². The molecule has 0 spiro atoms. The summed E-state index contributed by atoms with van der Waals surface area (Å²) in [5.41, 5.74) is 0. The third-order valence-electron chi connectivity index (χ3n) is 1.38. The number of nitrogens with one attached hydrogen (secondary N) is 2. The van der Waals surface area contributed by atoms with Gasteiger partial charge < -0.3 is 1.43 Å². The second-order valence-corrected chi connectivity index (χ2v) is 4.65. The maximum Gasteiger partial charge on any atom is 1.00 e. The summed E-state index contributed by atoms with van der Waals surface area (Å²) in [6.45, 7) is 0. The molecule has 0 unspecified atom stereocenters.